The van der Waals surface area contributed by atoms with Crippen molar-refractivity contribution in [2.24, 2.45) is 0 Å². The highest BCUT2D eigenvalue weighted by atomic mass is 32.1. The zero-order valence-electron chi connectivity index (χ0n) is 10.3. The van der Waals surface area contributed by atoms with Gasteiger partial charge in [0.15, 0.2) is 0 Å². The van der Waals surface area contributed by atoms with Crippen LogP contribution >= 0.6 is 22.7 Å². The van der Waals surface area contributed by atoms with Crippen LogP contribution in [0.5, 0.6) is 0 Å². The summed E-state index contributed by atoms with van der Waals surface area (Å²) in [6.07, 6.45) is 2.63. The van der Waals surface area contributed by atoms with E-state index >= 15 is 0 Å². The number of nitrogens with zero attached hydrogens (tertiary/aromatic N) is 1. The van der Waals surface area contributed by atoms with Crippen molar-refractivity contribution in [1.29, 1.82) is 0 Å². The van der Waals surface area contributed by atoms with Gasteiger partial charge in [0.05, 0.1) is 12.3 Å². The molecule has 1 saturated carbocycles. The Labute approximate surface area is 115 Å². The predicted octanol–water partition coefficient (Wildman–Crippen LogP) is 3.27. The number of hydrogen-bond acceptors (Lipinski definition) is 5. The topological polar surface area (TPSA) is 34.1 Å². The van der Waals surface area contributed by atoms with Crippen molar-refractivity contribution in [3.05, 3.63) is 27.4 Å². The van der Waals surface area contributed by atoms with Gasteiger partial charge in [-0.25, -0.2) is 4.98 Å². The van der Waals surface area contributed by atoms with Gasteiger partial charge in [-0.15, -0.1) is 11.3 Å². The van der Waals surface area contributed by atoms with Crippen LogP contribution in [0.1, 0.15) is 23.4 Å². The standard InChI is InChI=1S/C13H16N2OS2/c1-16-7-11-12(6-14-10-2-3-10)18-13(15-11)9-4-5-17-8-9/h4-5,8,10,14H,2-3,6-7H2,1H3. The first-order valence-electron chi connectivity index (χ1n) is 6.10. The molecule has 18 heavy (non-hydrogen) atoms. The van der Waals surface area contributed by atoms with Crippen LogP contribution in [0.4, 0.5) is 0 Å². The molecule has 3 nitrogen and oxygen atoms in total. The Hall–Kier alpha value is -0.750. The van der Waals surface area contributed by atoms with Crippen molar-refractivity contribution in [2.45, 2.75) is 32.0 Å². The molecule has 2 aromatic rings. The van der Waals surface area contributed by atoms with Crippen LogP contribution in [-0.4, -0.2) is 18.1 Å². The van der Waals surface area contributed by atoms with Gasteiger partial charge in [-0.2, -0.15) is 11.3 Å². The van der Waals surface area contributed by atoms with E-state index in [1.54, 1.807) is 29.8 Å². The molecule has 0 radical (unpaired) electrons. The molecule has 1 aliphatic rings. The van der Waals surface area contributed by atoms with Crippen LogP contribution in [0.3, 0.4) is 0 Å². The van der Waals surface area contributed by atoms with Gasteiger partial charge in [0.25, 0.3) is 0 Å². The Bertz CT molecular complexity index is 503. The minimum Gasteiger partial charge on any atom is -0.378 e. The molecule has 0 unspecified atom stereocenters. The lowest BCUT2D eigenvalue weighted by atomic mass is 10.3. The lowest BCUT2D eigenvalue weighted by molar-refractivity contribution is 0.181. The van der Waals surface area contributed by atoms with E-state index in [1.807, 2.05) is 0 Å². The molecule has 0 aromatic carbocycles. The Morgan fingerprint density at radius 1 is 1.50 bits per heavy atom. The lowest BCUT2D eigenvalue weighted by Gasteiger charge is -2.02. The van der Waals surface area contributed by atoms with Crippen LogP contribution in [0.2, 0.25) is 0 Å². The Morgan fingerprint density at radius 2 is 2.39 bits per heavy atom. The third kappa shape index (κ3) is 2.80. The van der Waals surface area contributed by atoms with Crippen LogP contribution < -0.4 is 5.32 Å². The monoisotopic (exact) mass is 280 g/mol. The summed E-state index contributed by atoms with van der Waals surface area (Å²) in [5, 5.41) is 8.89. The molecule has 0 bridgehead atoms. The van der Waals surface area contributed by atoms with Gasteiger partial charge < -0.3 is 10.1 Å². The predicted molar refractivity (Wildman–Crippen MR) is 76.0 cm³/mol. The SMILES string of the molecule is COCc1nc(-c2ccsc2)sc1CNC1CC1. The normalized spacial score (nSPS) is 15.2. The van der Waals surface area contributed by atoms with Gasteiger partial charge in [0.2, 0.25) is 0 Å². The second-order valence-corrected chi connectivity index (χ2v) is 6.35. The maximum absolute atomic E-state index is 5.24. The molecular formula is C13H16N2OS2. The third-order valence-corrected chi connectivity index (χ3v) is 4.79. The van der Waals surface area contributed by atoms with E-state index in [-0.39, 0.29) is 0 Å². The molecule has 96 valence electrons. The molecule has 1 fully saturated rings. The van der Waals surface area contributed by atoms with E-state index in [0.717, 1.165) is 23.3 Å². The molecule has 0 amide bonds. The summed E-state index contributed by atoms with van der Waals surface area (Å²) in [4.78, 5) is 6.01. The zero-order chi connectivity index (χ0) is 12.4. The van der Waals surface area contributed by atoms with Crippen LogP contribution in [-0.2, 0) is 17.9 Å². The molecule has 0 spiro atoms. The minimum absolute atomic E-state index is 0.600. The fourth-order valence-corrected chi connectivity index (χ4v) is 3.53. The Kier molecular flexibility index (Phi) is 3.75. The summed E-state index contributed by atoms with van der Waals surface area (Å²) in [6, 6.07) is 2.85. The van der Waals surface area contributed by atoms with Gasteiger partial charge in [0.1, 0.15) is 5.01 Å². The minimum atomic E-state index is 0.600. The highest BCUT2D eigenvalue weighted by Crippen LogP contribution is 2.30. The van der Waals surface area contributed by atoms with Crippen molar-refractivity contribution in [3.8, 4) is 10.6 Å². The second kappa shape index (κ2) is 5.48. The summed E-state index contributed by atoms with van der Waals surface area (Å²) in [7, 11) is 1.72. The third-order valence-electron chi connectivity index (χ3n) is 2.96. The summed E-state index contributed by atoms with van der Waals surface area (Å²) >= 11 is 3.49. The number of hydrogen-bond donors (Lipinski definition) is 1. The number of nitrogens with one attached hydrogen (secondary N) is 1. The van der Waals surface area contributed by atoms with E-state index < -0.39 is 0 Å². The van der Waals surface area contributed by atoms with Gasteiger partial charge in [-0.1, -0.05) is 0 Å². The van der Waals surface area contributed by atoms with Crippen LogP contribution in [0.25, 0.3) is 10.6 Å². The van der Waals surface area contributed by atoms with Crippen LogP contribution in [0.15, 0.2) is 16.8 Å². The Balaban J connectivity index is 1.80. The number of rotatable bonds is 6. The maximum Gasteiger partial charge on any atom is 0.124 e. The van der Waals surface area contributed by atoms with E-state index in [4.69, 9.17) is 9.72 Å². The fourth-order valence-electron chi connectivity index (χ4n) is 1.81. The number of thiophene rings is 1. The summed E-state index contributed by atoms with van der Waals surface area (Å²) in [5.41, 5.74) is 2.30. The largest absolute Gasteiger partial charge is 0.378 e. The number of thiazole rings is 1. The van der Waals surface area contributed by atoms with Crippen molar-refractivity contribution < 1.29 is 4.74 Å². The molecule has 2 aromatic heterocycles. The summed E-state index contributed by atoms with van der Waals surface area (Å²) in [5.74, 6) is 0. The van der Waals surface area contributed by atoms with E-state index in [0.29, 0.717) is 6.61 Å². The zero-order valence-corrected chi connectivity index (χ0v) is 11.9. The van der Waals surface area contributed by atoms with Crippen LogP contribution in [0, 0.1) is 0 Å². The highest BCUT2D eigenvalue weighted by molar-refractivity contribution is 7.15. The molecule has 5 heteroatoms. The fraction of sp³-hybridized carbons (Fsp3) is 0.462. The lowest BCUT2D eigenvalue weighted by Crippen LogP contribution is -2.15. The number of aromatic nitrogens is 1. The summed E-state index contributed by atoms with van der Waals surface area (Å²) in [6.45, 7) is 1.52. The molecule has 1 aliphatic carbocycles. The van der Waals surface area contributed by atoms with E-state index in [9.17, 15) is 0 Å². The summed E-state index contributed by atoms with van der Waals surface area (Å²) < 4.78 is 5.24. The first-order valence-corrected chi connectivity index (χ1v) is 7.86. The first kappa shape index (κ1) is 12.3. The molecule has 0 aliphatic heterocycles. The smallest absolute Gasteiger partial charge is 0.124 e. The molecule has 3 rings (SSSR count). The van der Waals surface area contributed by atoms with Crippen molar-refractivity contribution in [1.82, 2.24) is 10.3 Å². The highest BCUT2D eigenvalue weighted by Gasteiger charge is 2.21. The second-order valence-electron chi connectivity index (χ2n) is 4.49. The van der Waals surface area contributed by atoms with E-state index in [2.05, 4.69) is 22.1 Å². The van der Waals surface area contributed by atoms with Crippen molar-refractivity contribution in [3.63, 3.8) is 0 Å². The van der Waals surface area contributed by atoms with Gasteiger partial charge in [-0.05, 0) is 24.3 Å². The maximum atomic E-state index is 5.24. The average molecular weight is 280 g/mol. The van der Waals surface area contributed by atoms with Gasteiger partial charge >= 0.3 is 0 Å². The molecule has 1 N–H and O–H groups in total. The number of methoxy groups -OCH3 is 1. The molecule has 0 saturated heterocycles. The van der Waals surface area contributed by atoms with Crippen molar-refractivity contribution >= 4 is 22.7 Å². The first-order chi connectivity index (χ1) is 8.86. The number of ether oxygens (including phenoxy) is 1. The molecular weight excluding hydrogens is 264 g/mol. The quantitative estimate of drug-likeness (QED) is 0.882. The van der Waals surface area contributed by atoms with Crippen molar-refractivity contribution in [2.75, 3.05) is 7.11 Å². The Morgan fingerprint density at radius 3 is 3.06 bits per heavy atom. The van der Waals surface area contributed by atoms with Gasteiger partial charge in [-0.3, -0.25) is 0 Å². The van der Waals surface area contributed by atoms with E-state index in [1.165, 1.54) is 23.3 Å². The molecule has 2 heterocycles. The molecule has 0 atom stereocenters. The van der Waals surface area contributed by atoms with Gasteiger partial charge in [0, 0.05) is 35.5 Å². The average Bonchev–Trinajstić information content (AvgIpc) is 2.90.